The molecule has 0 saturated heterocycles. The molecule has 3 N–H and O–H groups in total. The normalized spacial score (nSPS) is 11.7. The third kappa shape index (κ3) is 3.99. The topological polar surface area (TPSA) is 64.3 Å². The fourth-order valence-electron chi connectivity index (χ4n) is 2.03. The molecule has 4 nitrogen and oxygen atoms in total. The van der Waals surface area contributed by atoms with E-state index in [1.807, 2.05) is 50.2 Å². The molecule has 110 valence electrons. The molecule has 2 aromatic carbocycles. The van der Waals surface area contributed by atoms with E-state index >= 15 is 0 Å². The second-order valence-corrected chi connectivity index (χ2v) is 4.89. The van der Waals surface area contributed by atoms with Crippen LogP contribution in [0.25, 0.3) is 0 Å². The molecule has 0 aliphatic rings. The summed E-state index contributed by atoms with van der Waals surface area (Å²) in [5.74, 6) is 0.530. The monoisotopic (exact) mass is 284 g/mol. The molecule has 0 saturated carbocycles. The lowest BCUT2D eigenvalue weighted by atomic mass is 10.1. The summed E-state index contributed by atoms with van der Waals surface area (Å²) in [4.78, 5) is 12.3. The van der Waals surface area contributed by atoms with Crippen molar-refractivity contribution in [1.29, 1.82) is 0 Å². The fourth-order valence-corrected chi connectivity index (χ4v) is 2.03. The van der Waals surface area contributed by atoms with Crippen molar-refractivity contribution in [1.82, 2.24) is 0 Å². The Bertz CT molecular complexity index is 611. The van der Waals surface area contributed by atoms with E-state index in [0.717, 1.165) is 11.3 Å². The number of para-hydroxylation sites is 1. The smallest absolute Gasteiger partial charge is 0.265 e. The van der Waals surface area contributed by atoms with E-state index in [9.17, 15) is 4.79 Å². The number of carbonyl (C=O) groups excluding carboxylic acids is 1. The maximum Gasteiger partial charge on any atom is 0.265 e. The molecule has 2 aromatic rings. The Labute approximate surface area is 124 Å². The molecule has 0 heterocycles. The van der Waals surface area contributed by atoms with Crippen molar-refractivity contribution in [3.05, 3.63) is 54.1 Å². The largest absolute Gasteiger partial charge is 0.481 e. The van der Waals surface area contributed by atoms with Crippen molar-refractivity contribution >= 4 is 17.3 Å². The maximum atomic E-state index is 12.3. The quantitative estimate of drug-likeness (QED) is 0.827. The third-order valence-electron chi connectivity index (χ3n) is 3.19. The van der Waals surface area contributed by atoms with Crippen molar-refractivity contribution in [2.45, 2.75) is 26.4 Å². The summed E-state index contributed by atoms with van der Waals surface area (Å²) in [6.07, 6.45) is 0.0683. The molecule has 0 fully saturated rings. The molecule has 0 bridgehead atoms. The predicted molar refractivity (Wildman–Crippen MR) is 85.4 cm³/mol. The van der Waals surface area contributed by atoms with Crippen molar-refractivity contribution < 1.29 is 9.53 Å². The highest BCUT2D eigenvalue weighted by molar-refractivity contribution is 5.95. The summed E-state index contributed by atoms with van der Waals surface area (Å²) < 4.78 is 5.72. The van der Waals surface area contributed by atoms with Gasteiger partial charge in [0.15, 0.2) is 6.10 Å². The van der Waals surface area contributed by atoms with Crippen molar-refractivity contribution in [3.63, 3.8) is 0 Å². The van der Waals surface area contributed by atoms with Gasteiger partial charge in [0.05, 0.1) is 0 Å². The van der Waals surface area contributed by atoms with E-state index in [1.54, 1.807) is 12.1 Å². The number of benzene rings is 2. The minimum Gasteiger partial charge on any atom is -0.481 e. The Morgan fingerprint density at radius 1 is 1.24 bits per heavy atom. The summed E-state index contributed by atoms with van der Waals surface area (Å²) in [5, 5.41) is 2.89. The van der Waals surface area contributed by atoms with Crippen molar-refractivity contribution in [3.8, 4) is 5.75 Å². The predicted octanol–water partition coefficient (Wildman–Crippen LogP) is 3.37. The van der Waals surface area contributed by atoms with Crippen LogP contribution in [0.1, 0.15) is 18.9 Å². The van der Waals surface area contributed by atoms with Gasteiger partial charge in [0.2, 0.25) is 0 Å². The molecule has 0 aliphatic carbocycles. The lowest BCUT2D eigenvalue weighted by Gasteiger charge is -2.18. The molecule has 1 atom stereocenters. The number of carbonyl (C=O) groups is 1. The Morgan fingerprint density at radius 2 is 1.95 bits per heavy atom. The zero-order chi connectivity index (χ0) is 15.2. The Morgan fingerprint density at radius 3 is 2.57 bits per heavy atom. The Balaban J connectivity index is 2.06. The van der Waals surface area contributed by atoms with Gasteiger partial charge in [-0.2, -0.15) is 0 Å². The van der Waals surface area contributed by atoms with Crippen LogP contribution in [0.15, 0.2) is 48.5 Å². The number of rotatable bonds is 5. The zero-order valence-electron chi connectivity index (χ0n) is 12.3. The summed E-state index contributed by atoms with van der Waals surface area (Å²) in [7, 11) is 0. The van der Waals surface area contributed by atoms with E-state index in [2.05, 4.69) is 5.32 Å². The standard InChI is InChI=1S/C17H20N2O2/c1-3-16(21-14-7-5-4-6-8-14)17(20)19-15-10-9-13(18)11-12(15)2/h4-11,16H,3,18H2,1-2H3,(H,19,20). The lowest BCUT2D eigenvalue weighted by molar-refractivity contribution is -0.122. The van der Waals surface area contributed by atoms with Gasteiger partial charge in [-0.1, -0.05) is 25.1 Å². The molecule has 4 heteroatoms. The number of anilines is 2. The molecule has 0 radical (unpaired) electrons. The van der Waals surface area contributed by atoms with Gasteiger partial charge >= 0.3 is 0 Å². The van der Waals surface area contributed by atoms with E-state index in [1.165, 1.54) is 0 Å². The summed E-state index contributed by atoms with van der Waals surface area (Å²) in [6.45, 7) is 3.83. The minimum absolute atomic E-state index is 0.158. The molecule has 1 unspecified atom stereocenters. The number of nitrogens with two attached hydrogens (primary N) is 1. The first-order valence-corrected chi connectivity index (χ1v) is 6.99. The molecule has 0 aliphatic heterocycles. The molecule has 21 heavy (non-hydrogen) atoms. The second-order valence-electron chi connectivity index (χ2n) is 4.89. The number of amides is 1. The summed E-state index contributed by atoms with van der Waals surface area (Å²) >= 11 is 0. The van der Waals surface area contributed by atoms with Crippen molar-refractivity contribution in [2.75, 3.05) is 11.1 Å². The number of nitrogens with one attached hydrogen (secondary N) is 1. The van der Waals surface area contributed by atoms with Crippen LogP contribution in [0.4, 0.5) is 11.4 Å². The van der Waals surface area contributed by atoms with Gasteiger partial charge in [0, 0.05) is 11.4 Å². The Hall–Kier alpha value is -2.49. The summed E-state index contributed by atoms with van der Waals surface area (Å²) in [6, 6.07) is 14.7. The van der Waals surface area contributed by atoms with Gasteiger partial charge in [-0.05, 0) is 49.2 Å². The van der Waals surface area contributed by atoms with E-state index in [4.69, 9.17) is 10.5 Å². The highest BCUT2D eigenvalue weighted by Crippen LogP contribution is 2.19. The van der Waals surface area contributed by atoms with Gasteiger partial charge in [0.1, 0.15) is 5.75 Å². The van der Waals surface area contributed by atoms with Crippen LogP contribution in [-0.2, 0) is 4.79 Å². The first-order valence-electron chi connectivity index (χ1n) is 6.99. The van der Waals surface area contributed by atoms with Crippen molar-refractivity contribution in [2.24, 2.45) is 0 Å². The maximum absolute atomic E-state index is 12.3. The zero-order valence-corrected chi connectivity index (χ0v) is 12.3. The van der Waals surface area contributed by atoms with Gasteiger partial charge < -0.3 is 15.8 Å². The number of nitrogen functional groups attached to an aromatic ring is 1. The second kappa shape index (κ2) is 6.79. The lowest BCUT2D eigenvalue weighted by Crippen LogP contribution is -2.32. The fraction of sp³-hybridized carbons (Fsp3) is 0.235. The molecule has 2 rings (SSSR count). The van der Waals surface area contributed by atoms with Crippen LogP contribution < -0.4 is 15.8 Å². The Kier molecular flexibility index (Phi) is 4.82. The molecular weight excluding hydrogens is 264 g/mol. The van der Waals surface area contributed by atoms with Crippen LogP contribution in [0.3, 0.4) is 0 Å². The first-order chi connectivity index (χ1) is 10.1. The average Bonchev–Trinajstić information content (AvgIpc) is 2.48. The SMILES string of the molecule is CCC(Oc1ccccc1)C(=O)Nc1ccc(N)cc1C. The number of ether oxygens (including phenoxy) is 1. The van der Waals surface area contributed by atoms with Gasteiger partial charge in [-0.15, -0.1) is 0 Å². The van der Waals surface area contributed by atoms with E-state index in [-0.39, 0.29) is 5.91 Å². The van der Waals surface area contributed by atoms with Gasteiger partial charge in [-0.3, -0.25) is 4.79 Å². The van der Waals surface area contributed by atoms with Gasteiger partial charge in [0.25, 0.3) is 5.91 Å². The van der Waals surface area contributed by atoms with E-state index in [0.29, 0.717) is 17.9 Å². The first kappa shape index (κ1) is 14.9. The summed E-state index contributed by atoms with van der Waals surface area (Å²) in [5.41, 5.74) is 8.07. The number of hydrogen-bond acceptors (Lipinski definition) is 3. The van der Waals surface area contributed by atoms with Crippen LogP contribution in [0.5, 0.6) is 5.75 Å². The molecule has 0 spiro atoms. The van der Waals surface area contributed by atoms with E-state index < -0.39 is 6.10 Å². The van der Waals surface area contributed by atoms with Crippen LogP contribution in [-0.4, -0.2) is 12.0 Å². The molecule has 1 amide bonds. The van der Waals surface area contributed by atoms with Crippen LogP contribution >= 0.6 is 0 Å². The number of aryl methyl sites for hydroxylation is 1. The minimum atomic E-state index is -0.524. The van der Waals surface area contributed by atoms with Crippen LogP contribution in [0.2, 0.25) is 0 Å². The average molecular weight is 284 g/mol. The molecule has 0 aromatic heterocycles. The highest BCUT2D eigenvalue weighted by atomic mass is 16.5. The third-order valence-corrected chi connectivity index (χ3v) is 3.19. The highest BCUT2D eigenvalue weighted by Gasteiger charge is 2.19. The van der Waals surface area contributed by atoms with Gasteiger partial charge in [-0.25, -0.2) is 0 Å². The molecular formula is C17H20N2O2. The number of hydrogen-bond donors (Lipinski definition) is 2. The van der Waals surface area contributed by atoms with Crippen LogP contribution in [0, 0.1) is 6.92 Å².